The summed E-state index contributed by atoms with van der Waals surface area (Å²) in [6, 6.07) is 12.7. The van der Waals surface area contributed by atoms with Gasteiger partial charge in [0.1, 0.15) is 5.75 Å². The maximum Gasteiger partial charge on any atom is 0.263 e. The third-order valence-corrected chi connectivity index (χ3v) is 4.32. The van der Waals surface area contributed by atoms with Crippen molar-refractivity contribution in [1.82, 2.24) is 20.1 Å². The maximum atomic E-state index is 12.6. The normalized spacial score (nSPS) is 11.3. The molecule has 2 aromatic heterocycles. The molecule has 0 aliphatic rings. The average molecular weight is 385 g/mol. The molecule has 1 N–H and O–H groups in total. The van der Waals surface area contributed by atoms with Gasteiger partial charge in [0.15, 0.2) is 5.60 Å². The van der Waals surface area contributed by atoms with Crippen molar-refractivity contribution in [3.63, 3.8) is 0 Å². The molecule has 1 aromatic carbocycles. The van der Waals surface area contributed by atoms with Crippen LogP contribution >= 0.6 is 11.6 Å². The molecule has 0 aliphatic heterocycles. The first-order valence-electron chi connectivity index (χ1n) is 8.51. The number of nitrogens with zero attached hydrogens (tertiary/aromatic N) is 3. The molecule has 3 rings (SSSR count). The van der Waals surface area contributed by atoms with Gasteiger partial charge in [0.05, 0.1) is 17.9 Å². The van der Waals surface area contributed by atoms with E-state index in [4.69, 9.17) is 16.3 Å². The van der Waals surface area contributed by atoms with Gasteiger partial charge in [0.2, 0.25) is 0 Å². The van der Waals surface area contributed by atoms with Crippen LogP contribution in [0.5, 0.6) is 5.75 Å². The van der Waals surface area contributed by atoms with Gasteiger partial charge in [-0.05, 0) is 56.3 Å². The molecule has 0 saturated heterocycles. The van der Waals surface area contributed by atoms with Crippen LogP contribution in [-0.2, 0) is 18.4 Å². The van der Waals surface area contributed by atoms with Gasteiger partial charge in [-0.2, -0.15) is 5.10 Å². The Balaban J connectivity index is 1.64. The fourth-order valence-corrected chi connectivity index (χ4v) is 2.76. The number of carbonyl (C=O) groups excluding carboxylic acids is 1. The number of benzene rings is 1. The Hall–Kier alpha value is -2.86. The lowest BCUT2D eigenvalue weighted by molar-refractivity contribution is -0.134. The highest BCUT2D eigenvalue weighted by molar-refractivity contribution is 6.30. The summed E-state index contributed by atoms with van der Waals surface area (Å²) in [7, 11) is 1.87. The van der Waals surface area contributed by atoms with Crippen molar-refractivity contribution in [2.24, 2.45) is 7.05 Å². The summed E-state index contributed by atoms with van der Waals surface area (Å²) in [4.78, 5) is 16.6. The second-order valence-electron chi connectivity index (χ2n) is 6.63. The Morgan fingerprint density at radius 1 is 1.19 bits per heavy atom. The molecular formula is C20H21ClN4O2. The van der Waals surface area contributed by atoms with E-state index in [-0.39, 0.29) is 5.91 Å². The zero-order valence-electron chi connectivity index (χ0n) is 15.4. The molecule has 0 atom stereocenters. The first kappa shape index (κ1) is 18.9. The molecule has 0 spiro atoms. The minimum Gasteiger partial charge on any atom is -0.478 e. The average Bonchev–Trinajstić information content (AvgIpc) is 3.03. The minimum absolute atomic E-state index is 0.228. The lowest BCUT2D eigenvalue weighted by Gasteiger charge is -2.25. The number of hydrogen-bond acceptors (Lipinski definition) is 4. The molecule has 1 amide bonds. The first-order chi connectivity index (χ1) is 12.8. The van der Waals surface area contributed by atoms with Gasteiger partial charge >= 0.3 is 0 Å². The summed E-state index contributed by atoms with van der Waals surface area (Å²) in [5.74, 6) is 0.353. The molecule has 7 heteroatoms. The summed E-state index contributed by atoms with van der Waals surface area (Å²) < 4.78 is 7.59. The van der Waals surface area contributed by atoms with E-state index < -0.39 is 5.60 Å². The largest absolute Gasteiger partial charge is 0.478 e. The van der Waals surface area contributed by atoms with Crippen molar-refractivity contribution in [2.75, 3.05) is 0 Å². The fourth-order valence-electron chi connectivity index (χ4n) is 2.63. The van der Waals surface area contributed by atoms with E-state index in [0.29, 0.717) is 17.3 Å². The van der Waals surface area contributed by atoms with E-state index >= 15 is 0 Å². The number of hydrogen-bond donors (Lipinski definition) is 1. The monoisotopic (exact) mass is 384 g/mol. The highest BCUT2D eigenvalue weighted by Crippen LogP contribution is 2.22. The molecule has 2 heterocycles. The smallest absolute Gasteiger partial charge is 0.263 e. The van der Waals surface area contributed by atoms with E-state index in [1.54, 1.807) is 55.2 Å². The van der Waals surface area contributed by atoms with Crippen molar-refractivity contribution in [3.05, 3.63) is 65.6 Å². The molecule has 0 saturated carbocycles. The molecule has 3 aromatic rings. The Morgan fingerprint density at radius 2 is 1.85 bits per heavy atom. The van der Waals surface area contributed by atoms with E-state index in [2.05, 4.69) is 15.4 Å². The quantitative estimate of drug-likeness (QED) is 0.704. The zero-order valence-corrected chi connectivity index (χ0v) is 16.2. The lowest BCUT2D eigenvalue weighted by Crippen LogP contribution is -2.46. The topological polar surface area (TPSA) is 69.0 Å². The summed E-state index contributed by atoms with van der Waals surface area (Å²) >= 11 is 5.87. The van der Waals surface area contributed by atoms with Crippen LogP contribution in [0.3, 0.4) is 0 Å². The van der Waals surface area contributed by atoms with Crippen LogP contribution in [0.2, 0.25) is 5.02 Å². The predicted molar refractivity (Wildman–Crippen MR) is 104 cm³/mol. The van der Waals surface area contributed by atoms with Gasteiger partial charge in [-0.15, -0.1) is 0 Å². The van der Waals surface area contributed by atoms with Crippen LogP contribution in [0.15, 0.2) is 54.9 Å². The highest BCUT2D eigenvalue weighted by Gasteiger charge is 2.30. The summed E-state index contributed by atoms with van der Waals surface area (Å²) in [6.07, 6.45) is 3.47. The van der Waals surface area contributed by atoms with E-state index in [9.17, 15) is 4.79 Å². The number of aryl methyl sites for hydroxylation is 1. The number of rotatable bonds is 6. The second-order valence-corrected chi connectivity index (χ2v) is 7.07. The molecule has 140 valence electrons. The third-order valence-electron chi connectivity index (χ3n) is 4.07. The Labute approximate surface area is 163 Å². The molecule has 0 bridgehead atoms. The van der Waals surface area contributed by atoms with Crippen molar-refractivity contribution in [3.8, 4) is 17.0 Å². The van der Waals surface area contributed by atoms with Crippen molar-refractivity contribution >= 4 is 17.5 Å². The molecule has 0 unspecified atom stereocenters. The number of ether oxygens (including phenoxy) is 1. The number of aromatic nitrogens is 3. The van der Waals surface area contributed by atoms with Crippen molar-refractivity contribution < 1.29 is 9.53 Å². The van der Waals surface area contributed by atoms with Crippen LogP contribution in [0, 0.1) is 0 Å². The van der Waals surface area contributed by atoms with Crippen LogP contribution in [0.1, 0.15) is 19.5 Å². The molecule has 0 aliphatic carbocycles. The van der Waals surface area contributed by atoms with Crippen LogP contribution in [0.25, 0.3) is 11.3 Å². The fraction of sp³-hybridized carbons (Fsp3) is 0.250. The molecule has 0 fully saturated rings. The van der Waals surface area contributed by atoms with E-state index in [0.717, 1.165) is 17.0 Å². The predicted octanol–water partition coefficient (Wildman–Crippen LogP) is 3.61. The number of halogens is 1. The van der Waals surface area contributed by atoms with Crippen molar-refractivity contribution in [2.45, 2.75) is 26.0 Å². The third kappa shape index (κ3) is 4.65. The molecular weight excluding hydrogens is 364 g/mol. The second kappa shape index (κ2) is 7.80. The Morgan fingerprint density at radius 3 is 2.52 bits per heavy atom. The summed E-state index contributed by atoms with van der Waals surface area (Å²) in [5.41, 5.74) is 1.71. The number of pyridine rings is 1. The first-order valence-corrected chi connectivity index (χ1v) is 8.89. The van der Waals surface area contributed by atoms with E-state index in [1.165, 1.54) is 0 Å². The number of amides is 1. The van der Waals surface area contributed by atoms with Crippen LogP contribution in [0.4, 0.5) is 0 Å². The van der Waals surface area contributed by atoms with Gasteiger partial charge in [0.25, 0.3) is 5.91 Å². The van der Waals surface area contributed by atoms with Gasteiger partial charge in [-0.1, -0.05) is 11.6 Å². The standard InChI is InChI=1S/C20H21ClN4O2/c1-20(2,27-17-6-4-15(21)5-7-17)19(26)23-13-16-12-18(25(3)24-16)14-8-10-22-11-9-14/h4-12H,13H2,1-3H3,(H,23,26). The summed E-state index contributed by atoms with van der Waals surface area (Å²) in [6.45, 7) is 3.75. The number of carbonyl (C=O) groups is 1. The van der Waals surface area contributed by atoms with Crippen LogP contribution in [-0.4, -0.2) is 26.3 Å². The van der Waals surface area contributed by atoms with Crippen molar-refractivity contribution in [1.29, 1.82) is 0 Å². The molecule has 0 radical (unpaired) electrons. The van der Waals surface area contributed by atoms with Gasteiger partial charge in [0, 0.05) is 30.0 Å². The van der Waals surface area contributed by atoms with Crippen LogP contribution < -0.4 is 10.1 Å². The zero-order chi connectivity index (χ0) is 19.4. The Bertz CT molecular complexity index is 921. The summed E-state index contributed by atoms with van der Waals surface area (Å²) in [5, 5.41) is 7.96. The number of nitrogens with one attached hydrogen (secondary N) is 1. The SMILES string of the molecule is Cn1nc(CNC(=O)C(C)(C)Oc2ccc(Cl)cc2)cc1-c1ccncc1. The van der Waals surface area contributed by atoms with E-state index in [1.807, 2.05) is 25.2 Å². The molecule has 6 nitrogen and oxygen atoms in total. The minimum atomic E-state index is -1.03. The molecule has 27 heavy (non-hydrogen) atoms. The lowest BCUT2D eigenvalue weighted by atomic mass is 10.1. The van der Waals surface area contributed by atoms with Gasteiger partial charge < -0.3 is 10.1 Å². The maximum absolute atomic E-state index is 12.6. The highest BCUT2D eigenvalue weighted by atomic mass is 35.5. The van der Waals surface area contributed by atoms with Gasteiger partial charge in [-0.3, -0.25) is 14.5 Å². The Kier molecular flexibility index (Phi) is 5.46. The van der Waals surface area contributed by atoms with Gasteiger partial charge in [-0.25, -0.2) is 0 Å².